The van der Waals surface area contributed by atoms with Crippen LogP contribution >= 0.6 is 11.3 Å². The first-order valence-electron chi connectivity index (χ1n) is 9.45. The molecular weight excluding hydrogens is 376 g/mol. The third-order valence-electron chi connectivity index (χ3n) is 4.53. The van der Waals surface area contributed by atoms with Crippen molar-refractivity contribution in [2.24, 2.45) is 5.92 Å². The molecule has 7 nitrogen and oxygen atoms in total. The Balaban J connectivity index is 1.39. The molecule has 148 valence electrons. The zero-order valence-electron chi connectivity index (χ0n) is 15.6. The number of nitrogens with one attached hydrogen (secondary N) is 3. The lowest BCUT2D eigenvalue weighted by molar-refractivity contribution is -0.134. The first kappa shape index (κ1) is 20.0. The minimum Gasteiger partial charge on any atom is -0.356 e. The predicted molar refractivity (Wildman–Crippen MR) is 108 cm³/mol. The Labute approximate surface area is 167 Å². The van der Waals surface area contributed by atoms with E-state index in [0.717, 1.165) is 19.3 Å². The molecule has 1 aromatic heterocycles. The Kier molecular flexibility index (Phi) is 7.13. The Morgan fingerprint density at radius 3 is 2.86 bits per heavy atom. The van der Waals surface area contributed by atoms with Crippen LogP contribution in [0.25, 0.3) is 0 Å². The molecule has 2 heterocycles. The lowest BCUT2D eigenvalue weighted by atomic mass is 9.98. The van der Waals surface area contributed by atoms with Gasteiger partial charge in [0, 0.05) is 18.5 Å². The quantitative estimate of drug-likeness (QED) is 0.465. The van der Waals surface area contributed by atoms with E-state index >= 15 is 0 Å². The van der Waals surface area contributed by atoms with Gasteiger partial charge in [0.25, 0.3) is 0 Å². The standard InChI is InChI=1S/C20H24N4O3S/c25-17(21-10-4-8-14-6-2-1-3-7-14)12-15-13-28-20(23-15)24-19(27)16-9-5-11-22-18(16)26/h1-3,6-7,13,16H,4-5,8-12H2,(H,21,25)(H,22,26)(H,23,24,27). The number of carbonyl (C=O) groups excluding carboxylic acids is 3. The molecule has 0 bridgehead atoms. The Morgan fingerprint density at radius 2 is 2.07 bits per heavy atom. The molecule has 3 N–H and O–H groups in total. The second-order valence-electron chi connectivity index (χ2n) is 6.73. The number of benzene rings is 1. The van der Waals surface area contributed by atoms with Crippen LogP contribution in [0.3, 0.4) is 0 Å². The maximum atomic E-state index is 12.2. The Morgan fingerprint density at radius 1 is 1.25 bits per heavy atom. The highest BCUT2D eigenvalue weighted by Crippen LogP contribution is 2.19. The minimum absolute atomic E-state index is 0.0945. The van der Waals surface area contributed by atoms with Crippen molar-refractivity contribution in [3.05, 3.63) is 47.0 Å². The van der Waals surface area contributed by atoms with Crippen molar-refractivity contribution in [3.8, 4) is 0 Å². The number of anilines is 1. The first-order valence-corrected chi connectivity index (χ1v) is 10.3. The maximum Gasteiger partial charge on any atom is 0.238 e. The summed E-state index contributed by atoms with van der Waals surface area (Å²) in [4.78, 5) is 40.3. The van der Waals surface area contributed by atoms with Crippen LogP contribution in [0, 0.1) is 5.92 Å². The van der Waals surface area contributed by atoms with Crippen molar-refractivity contribution in [2.45, 2.75) is 32.1 Å². The van der Waals surface area contributed by atoms with E-state index in [1.807, 2.05) is 18.2 Å². The average molecular weight is 401 g/mol. The fourth-order valence-electron chi connectivity index (χ4n) is 3.05. The van der Waals surface area contributed by atoms with Gasteiger partial charge in [-0.15, -0.1) is 11.3 Å². The smallest absolute Gasteiger partial charge is 0.238 e. The number of carbonyl (C=O) groups is 3. The van der Waals surface area contributed by atoms with Crippen molar-refractivity contribution in [3.63, 3.8) is 0 Å². The van der Waals surface area contributed by atoms with Crippen molar-refractivity contribution in [1.29, 1.82) is 0 Å². The maximum absolute atomic E-state index is 12.2. The summed E-state index contributed by atoms with van der Waals surface area (Å²) in [6, 6.07) is 10.1. The third kappa shape index (κ3) is 5.88. The van der Waals surface area contributed by atoms with Crippen LogP contribution in [-0.4, -0.2) is 35.8 Å². The van der Waals surface area contributed by atoms with E-state index in [0.29, 0.717) is 30.3 Å². The van der Waals surface area contributed by atoms with E-state index in [4.69, 9.17) is 0 Å². The number of aromatic nitrogens is 1. The van der Waals surface area contributed by atoms with Gasteiger partial charge in [-0.05, 0) is 31.2 Å². The summed E-state index contributed by atoms with van der Waals surface area (Å²) in [5.41, 5.74) is 1.86. The number of hydrogen-bond acceptors (Lipinski definition) is 5. The fourth-order valence-corrected chi connectivity index (χ4v) is 3.77. The highest BCUT2D eigenvalue weighted by atomic mass is 32.1. The Bertz CT molecular complexity index is 822. The van der Waals surface area contributed by atoms with Crippen molar-refractivity contribution in [2.75, 3.05) is 18.4 Å². The number of hydrogen-bond donors (Lipinski definition) is 3. The second kappa shape index (κ2) is 9.98. The van der Waals surface area contributed by atoms with Gasteiger partial charge in [0.2, 0.25) is 17.7 Å². The third-order valence-corrected chi connectivity index (χ3v) is 5.34. The molecule has 1 saturated heterocycles. The van der Waals surface area contributed by atoms with Gasteiger partial charge >= 0.3 is 0 Å². The van der Waals surface area contributed by atoms with E-state index in [-0.39, 0.29) is 24.1 Å². The largest absolute Gasteiger partial charge is 0.356 e. The van der Waals surface area contributed by atoms with E-state index in [1.165, 1.54) is 16.9 Å². The van der Waals surface area contributed by atoms with Crippen LogP contribution in [0.1, 0.15) is 30.5 Å². The van der Waals surface area contributed by atoms with Gasteiger partial charge in [0.15, 0.2) is 5.13 Å². The molecule has 0 radical (unpaired) electrons. The molecule has 1 aromatic carbocycles. The van der Waals surface area contributed by atoms with Crippen LogP contribution < -0.4 is 16.0 Å². The van der Waals surface area contributed by atoms with E-state index in [9.17, 15) is 14.4 Å². The highest BCUT2D eigenvalue weighted by Gasteiger charge is 2.29. The summed E-state index contributed by atoms with van der Waals surface area (Å²) in [6.07, 6.45) is 3.29. The summed E-state index contributed by atoms with van der Waals surface area (Å²) in [5, 5.41) is 10.4. The molecule has 3 rings (SSSR count). The normalized spacial score (nSPS) is 16.3. The number of piperidine rings is 1. The molecule has 1 aliphatic rings. The van der Waals surface area contributed by atoms with E-state index in [2.05, 4.69) is 33.1 Å². The predicted octanol–water partition coefficient (Wildman–Crippen LogP) is 1.90. The number of rotatable bonds is 8. The summed E-state index contributed by atoms with van der Waals surface area (Å²) in [6.45, 7) is 1.22. The number of aryl methyl sites for hydroxylation is 1. The van der Waals surface area contributed by atoms with Crippen LogP contribution in [0.5, 0.6) is 0 Å². The number of nitrogens with zero attached hydrogens (tertiary/aromatic N) is 1. The fraction of sp³-hybridized carbons (Fsp3) is 0.400. The van der Waals surface area contributed by atoms with Crippen LogP contribution in [-0.2, 0) is 27.2 Å². The molecule has 8 heteroatoms. The average Bonchev–Trinajstić information content (AvgIpc) is 3.13. The molecular formula is C20H24N4O3S. The molecule has 0 spiro atoms. The van der Waals surface area contributed by atoms with Gasteiger partial charge in [-0.1, -0.05) is 30.3 Å². The molecule has 0 aliphatic carbocycles. The summed E-state index contributed by atoms with van der Waals surface area (Å²) >= 11 is 1.26. The van der Waals surface area contributed by atoms with Gasteiger partial charge in [0.05, 0.1) is 12.1 Å². The molecule has 1 atom stereocenters. The van der Waals surface area contributed by atoms with Crippen molar-refractivity contribution in [1.82, 2.24) is 15.6 Å². The summed E-state index contributed by atoms with van der Waals surface area (Å²) < 4.78 is 0. The summed E-state index contributed by atoms with van der Waals surface area (Å²) in [7, 11) is 0. The van der Waals surface area contributed by atoms with Gasteiger partial charge in [-0.2, -0.15) is 0 Å². The molecule has 1 aliphatic heterocycles. The topological polar surface area (TPSA) is 100 Å². The zero-order chi connectivity index (χ0) is 19.8. The summed E-state index contributed by atoms with van der Waals surface area (Å²) in [5.74, 6) is -1.35. The monoisotopic (exact) mass is 400 g/mol. The minimum atomic E-state index is -0.672. The van der Waals surface area contributed by atoms with Crippen molar-refractivity contribution < 1.29 is 14.4 Å². The van der Waals surface area contributed by atoms with E-state index in [1.54, 1.807) is 5.38 Å². The van der Waals surface area contributed by atoms with E-state index < -0.39 is 5.92 Å². The molecule has 28 heavy (non-hydrogen) atoms. The van der Waals surface area contributed by atoms with Crippen LogP contribution in [0.2, 0.25) is 0 Å². The molecule has 2 aromatic rings. The lowest BCUT2D eigenvalue weighted by Gasteiger charge is -2.20. The molecule has 3 amide bonds. The zero-order valence-corrected chi connectivity index (χ0v) is 16.4. The molecule has 1 fully saturated rings. The van der Waals surface area contributed by atoms with Gasteiger partial charge in [-0.3, -0.25) is 14.4 Å². The van der Waals surface area contributed by atoms with Crippen LogP contribution in [0.4, 0.5) is 5.13 Å². The molecule has 1 unspecified atom stereocenters. The van der Waals surface area contributed by atoms with Crippen molar-refractivity contribution >= 4 is 34.2 Å². The lowest BCUT2D eigenvalue weighted by Crippen LogP contribution is -2.42. The van der Waals surface area contributed by atoms with Crippen LogP contribution in [0.15, 0.2) is 35.7 Å². The molecule has 0 saturated carbocycles. The SMILES string of the molecule is O=C(Cc1csc(NC(=O)C2CCCNC2=O)n1)NCCCc1ccccc1. The van der Waals surface area contributed by atoms with Gasteiger partial charge in [-0.25, -0.2) is 4.98 Å². The van der Waals surface area contributed by atoms with Gasteiger partial charge < -0.3 is 16.0 Å². The Hall–Kier alpha value is -2.74. The van der Waals surface area contributed by atoms with Gasteiger partial charge in [0.1, 0.15) is 5.92 Å². The number of amides is 3. The first-order chi connectivity index (χ1) is 13.6. The highest BCUT2D eigenvalue weighted by molar-refractivity contribution is 7.13. The number of thiazole rings is 1. The second-order valence-corrected chi connectivity index (χ2v) is 7.59.